The number of hydrogen-bond donors (Lipinski definition) is 0. The Bertz CT molecular complexity index is 447. The van der Waals surface area contributed by atoms with Crippen molar-refractivity contribution in [1.82, 2.24) is 4.98 Å². The van der Waals surface area contributed by atoms with E-state index in [0.29, 0.717) is 0 Å². The van der Waals surface area contributed by atoms with Gasteiger partial charge >= 0.3 is 0 Å². The van der Waals surface area contributed by atoms with Crippen LogP contribution in [0.5, 0.6) is 5.75 Å². The second kappa shape index (κ2) is 5.12. The second-order valence-electron chi connectivity index (χ2n) is 3.52. The first-order chi connectivity index (χ1) is 7.79. The molecule has 0 aliphatic carbocycles. The summed E-state index contributed by atoms with van der Waals surface area (Å²) in [5, 5.41) is 2.96. The maximum absolute atomic E-state index is 5.52. The summed E-state index contributed by atoms with van der Waals surface area (Å²) in [4.78, 5) is 4.34. The number of nitrogens with zero attached hydrogens (tertiary/aromatic N) is 1. The van der Waals surface area contributed by atoms with Crippen LogP contribution in [0.15, 0.2) is 29.6 Å². The SMILES string of the molecule is [CH2]c1csc(-c2ccc(OCCC)cc2)n1. The van der Waals surface area contributed by atoms with Crippen LogP contribution >= 0.6 is 11.3 Å². The van der Waals surface area contributed by atoms with E-state index in [9.17, 15) is 0 Å². The monoisotopic (exact) mass is 232 g/mol. The van der Waals surface area contributed by atoms with Crippen molar-refractivity contribution in [2.75, 3.05) is 6.61 Å². The van der Waals surface area contributed by atoms with Crippen LogP contribution in [-0.4, -0.2) is 11.6 Å². The third-order valence-corrected chi connectivity index (χ3v) is 3.07. The van der Waals surface area contributed by atoms with Gasteiger partial charge in [-0.25, -0.2) is 4.98 Å². The highest BCUT2D eigenvalue weighted by molar-refractivity contribution is 7.13. The van der Waals surface area contributed by atoms with Crippen molar-refractivity contribution >= 4 is 11.3 Å². The molecule has 0 N–H and O–H groups in total. The zero-order chi connectivity index (χ0) is 11.4. The summed E-state index contributed by atoms with van der Waals surface area (Å²) < 4.78 is 5.52. The smallest absolute Gasteiger partial charge is 0.123 e. The highest BCUT2D eigenvalue weighted by Crippen LogP contribution is 2.25. The van der Waals surface area contributed by atoms with Gasteiger partial charge in [0.15, 0.2) is 0 Å². The number of ether oxygens (including phenoxy) is 1. The molecule has 1 heterocycles. The Hall–Kier alpha value is -1.35. The molecule has 2 rings (SSSR count). The molecule has 0 aliphatic rings. The molecular formula is C13H14NOS. The van der Waals surface area contributed by atoms with Crippen molar-refractivity contribution < 1.29 is 4.74 Å². The number of aromatic nitrogens is 1. The number of benzene rings is 1. The summed E-state index contributed by atoms with van der Waals surface area (Å²) in [6.45, 7) is 6.66. The third kappa shape index (κ3) is 2.61. The Labute approximate surface area is 99.9 Å². The normalized spacial score (nSPS) is 10.4. The average Bonchev–Trinajstić information content (AvgIpc) is 2.74. The molecule has 2 aromatic rings. The maximum atomic E-state index is 5.52. The maximum Gasteiger partial charge on any atom is 0.123 e. The summed E-state index contributed by atoms with van der Waals surface area (Å²) in [5.74, 6) is 0.914. The lowest BCUT2D eigenvalue weighted by Crippen LogP contribution is -1.94. The van der Waals surface area contributed by atoms with E-state index in [4.69, 9.17) is 4.74 Å². The third-order valence-electron chi connectivity index (χ3n) is 2.13. The van der Waals surface area contributed by atoms with Gasteiger partial charge < -0.3 is 4.74 Å². The topological polar surface area (TPSA) is 22.1 Å². The van der Waals surface area contributed by atoms with Crippen LogP contribution in [0.2, 0.25) is 0 Å². The molecule has 83 valence electrons. The van der Waals surface area contributed by atoms with E-state index in [-0.39, 0.29) is 0 Å². The van der Waals surface area contributed by atoms with E-state index in [1.165, 1.54) is 0 Å². The zero-order valence-electron chi connectivity index (χ0n) is 9.27. The number of rotatable bonds is 4. The standard InChI is InChI=1S/C13H14NOS/c1-3-8-15-12-6-4-11(5-7-12)13-14-10(2)9-16-13/h4-7,9H,2-3,8H2,1H3. The molecule has 0 saturated carbocycles. The van der Waals surface area contributed by atoms with Crippen molar-refractivity contribution in [1.29, 1.82) is 0 Å². The largest absolute Gasteiger partial charge is 0.494 e. The highest BCUT2D eigenvalue weighted by atomic mass is 32.1. The Morgan fingerprint density at radius 1 is 1.31 bits per heavy atom. The van der Waals surface area contributed by atoms with Crippen molar-refractivity contribution in [3.8, 4) is 16.3 Å². The predicted molar refractivity (Wildman–Crippen MR) is 67.8 cm³/mol. The molecule has 16 heavy (non-hydrogen) atoms. The van der Waals surface area contributed by atoms with Gasteiger partial charge in [0.2, 0.25) is 0 Å². The van der Waals surface area contributed by atoms with Gasteiger partial charge in [0, 0.05) is 10.9 Å². The van der Waals surface area contributed by atoms with E-state index >= 15 is 0 Å². The van der Waals surface area contributed by atoms with E-state index in [1.807, 2.05) is 29.6 Å². The summed E-state index contributed by atoms with van der Waals surface area (Å²) in [6.07, 6.45) is 1.03. The minimum Gasteiger partial charge on any atom is -0.494 e. The molecule has 0 unspecified atom stereocenters. The fourth-order valence-corrected chi connectivity index (χ4v) is 2.10. The van der Waals surface area contributed by atoms with E-state index in [0.717, 1.165) is 35.0 Å². The van der Waals surface area contributed by atoms with Crippen molar-refractivity contribution in [3.63, 3.8) is 0 Å². The molecule has 1 aromatic carbocycles. The minimum atomic E-state index is 0.764. The van der Waals surface area contributed by atoms with Gasteiger partial charge in [0.1, 0.15) is 10.8 Å². The van der Waals surface area contributed by atoms with E-state index in [1.54, 1.807) is 11.3 Å². The lowest BCUT2D eigenvalue weighted by atomic mass is 10.2. The van der Waals surface area contributed by atoms with Crippen molar-refractivity contribution in [3.05, 3.63) is 42.3 Å². The van der Waals surface area contributed by atoms with Gasteiger partial charge in [-0.3, -0.25) is 0 Å². The fraction of sp³-hybridized carbons (Fsp3) is 0.231. The van der Waals surface area contributed by atoms with Crippen LogP contribution in [0, 0.1) is 6.92 Å². The molecule has 1 aromatic heterocycles. The molecule has 0 bridgehead atoms. The molecule has 0 spiro atoms. The van der Waals surface area contributed by atoms with Gasteiger partial charge in [-0.1, -0.05) is 6.92 Å². The first-order valence-electron chi connectivity index (χ1n) is 5.30. The summed E-state index contributed by atoms with van der Waals surface area (Å²) in [6, 6.07) is 8.02. The van der Waals surface area contributed by atoms with Crippen LogP contribution in [0.3, 0.4) is 0 Å². The Balaban J connectivity index is 2.13. The van der Waals surface area contributed by atoms with Gasteiger partial charge in [-0.2, -0.15) is 0 Å². The van der Waals surface area contributed by atoms with Gasteiger partial charge in [0.25, 0.3) is 0 Å². The molecule has 0 aliphatic heterocycles. The minimum absolute atomic E-state index is 0.764. The summed E-state index contributed by atoms with van der Waals surface area (Å²) in [5.41, 5.74) is 1.94. The lowest BCUT2D eigenvalue weighted by molar-refractivity contribution is 0.317. The predicted octanol–water partition coefficient (Wildman–Crippen LogP) is 3.78. The lowest BCUT2D eigenvalue weighted by Gasteiger charge is -2.04. The second-order valence-corrected chi connectivity index (χ2v) is 4.37. The molecule has 2 nitrogen and oxygen atoms in total. The van der Waals surface area contributed by atoms with Crippen molar-refractivity contribution in [2.45, 2.75) is 13.3 Å². The van der Waals surface area contributed by atoms with Gasteiger partial charge in [-0.05, 0) is 37.6 Å². The Morgan fingerprint density at radius 3 is 2.62 bits per heavy atom. The Kier molecular flexibility index (Phi) is 3.57. The number of thiazole rings is 1. The first-order valence-corrected chi connectivity index (χ1v) is 6.18. The highest BCUT2D eigenvalue weighted by Gasteiger charge is 2.02. The molecule has 0 atom stereocenters. The molecule has 0 amide bonds. The molecule has 1 radical (unpaired) electrons. The fourth-order valence-electron chi connectivity index (χ4n) is 1.35. The first kappa shape index (κ1) is 11.1. The number of hydrogen-bond acceptors (Lipinski definition) is 3. The summed E-state index contributed by atoms with van der Waals surface area (Å²) in [7, 11) is 0. The summed E-state index contributed by atoms with van der Waals surface area (Å²) >= 11 is 1.61. The van der Waals surface area contributed by atoms with Crippen LogP contribution in [0.1, 0.15) is 19.0 Å². The van der Waals surface area contributed by atoms with Crippen LogP contribution in [0.4, 0.5) is 0 Å². The van der Waals surface area contributed by atoms with Gasteiger partial charge in [-0.15, -0.1) is 11.3 Å². The van der Waals surface area contributed by atoms with Crippen LogP contribution < -0.4 is 4.74 Å². The van der Waals surface area contributed by atoms with Crippen LogP contribution in [-0.2, 0) is 0 Å². The quantitative estimate of drug-likeness (QED) is 0.800. The molecule has 0 saturated heterocycles. The van der Waals surface area contributed by atoms with E-state index < -0.39 is 0 Å². The van der Waals surface area contributed by atoms with Gasteiger partial charge in [0.05, 0.1) is 12.3 Å². The van der Waals surface area contributed by atoms with E-state index in [2.05, 4.69) is 18.8 Å². The van der Waals surface area contributed by atoms with Crippen LogP contribution in [0.25, 0.3) is 10.6 Å². The van der Waals surface area contributed by atoms with Crippen molar-refractivity contribution in [2.24, 2.45) is 0 Å². The Morgan fingerprint density at radius 2 is 2.06 bits per heavy atom. The molecule has 0 fully saturated rings. The molecule has 3 heteroatoms. The average molecular weight is 232 g/mol. The molecular weight excluding hydrogens is 218 g/mol. The zero-order valence-corrected chi connectivity index (χ0v) is 10.1.